The molecule has 8 heteroatoms. The minimum atomic E-state index is -4.43. The maximum absolute atomic E-state index is 13.6. The second kappa shape index (κ2) is 14.9. The molecule has 1 unspecified atom stereocenters. The Labute approximate surface area is 305 Å². The van der Waals surface area contributed by atoms with Gasteiger partial charge in [0.1, 0.15) is 0 Å². The summed E-state index contributed by atoms with van der Waals surface area (Å²) in [5.74, 6) is -1.00. The number of hydrogen-bond donors (Lipinski definition) is 0. The van der Waals surface area contributed by atoms with Crippen LogP contribution in [0.3, 0.4) is 0 Å². The van der Waals surface area contributed by atoms with E-state index < -0.39 is 25.7 Å². The van der Waals surface area contributed by atoms with E-state index in [-0.39, 0.29) is 24.8 Å². The van der Waals surface area contributed by atoms with Crippen molar-refractivity contribution in [3.63, 3.8) is 0 Å². The molecule has 49 heavy (non-hydrogen) atoms. The van der Waals surface area contributed by atoms with Crippen molar-refractivity contribution in [2.24, 2.45) is 0 Å². The molecular weight excluding hydrogens is 830 g/mol. The summed E-state index contributed by atoms with van der Waals surface area (Å²) >= 11 is 1.11. The molecule has 251 valence electrons. The zero-order chi connectivity index (χ0) is 35.0. The van der Waals surface area contributed by atoms with Crippen LogP contribution < -0.4 is 5.19 Å². The van der Waals surface area contributed by atoms with Crippen molar-refractivity contribution in [1.82, 2.24) is 9.97 Å². The van der Waals surface area contributed by atoms with E-state index in [2.05, 4.69) is 67.0 Å². The average Bonchev–Trinajstić information content (AvgIpc) is 3.47. The fourth-order valence-electron chi connectivity index (χ4n) is 5.87. The molecule has 1 radical (unpaired) electrons. The molecule has 1 atom stereocenters. The Morgan fingerprint density at radius 3 is 2.18 bits per heavy atom. The standard InChI is InChI=1S/C26H17F3NS.C15H18NSi.Ir/c1-16(17-7-3-2-4-8-17)18-13-14-30-23(15-18)21-11-5-9-19-20-10-6-12-22(26(27,28)29)25(20)31-24(19)21;1-12-10-14(13-8-6-5-7-9-13)16-11-15(12)17(2,3)4;/h2-10,12-16H,1H3;5-8,10-11H,1-4H3;/q2*-1;/i16D;;. The van der Waals surface area contributed by atoms with Gasteiger partial charge in [0.05, 0.1) is 13.6 Å². The largest absolute Gasteiger partial charge is 0.417 e. The summed E-state index contributed by atoms with van der Waals surface area (Å²) in [6, 6.07) is 37.5. The van der Waals surface area contributed by atoms with Crippen molar-refractivity contribution in [1.29, 1.82) is 0 Å². The monoisotopic (exact) mass is 866 g/mol. The van der Waals surface area contributed by atoms with E-state index in [0.29, 0.717) is 21.3 Å². The number of halogens is 3. The molecule has 4 aromatic carbocycles. The minimum Gasteiger partial charge on any atom is -0.305 e. The van der Waals surface area contributed by atoms with Crippen LogP contribution in [0.15, 0.2) is 116 Å². The number of hydrogen-bond acceptors (Lipinski definition) is 3. The van der Waals surface area contributed by atoms with Crippen LogP contribution in [0.25, 0.3) is 42.7 Å². The van der Waals surface area contributed by atoms with Gasteiger partial charge >= 0.3 is 6.18 Å². The Bertz CT molecular complexity index is 2250. The van der Waals surface area contributed by atoms with Gasteiger partial charge in [-0.15, -0.1) is 59.7 Å². The van der Waals surface area contributed by atoms with Gasteiger partial charge in [0.25, 0.3) is 0 Å². The van der Waals surface area contributed by atoms with Crippen molar-refractivity contribution in [2.45, 2.75) is 45.6 Å². The zero-order valence-electron chi connectivity index (χ0n) is 28.7. The molecule has 0 aliphatic heterocycles. The Kier molecular flexibility index (Phi) is 10.6. The predicted molar refractivity (Wildman–Crippen MR) is 197 cm³/mol. The molecule has 0 saturated carbocycles. The number of benzene rings is 4. The molecule has 7 rings (SSSR count). The van der Waals surface area contributed by atoms with Gasteiger partial charge < -0.3 is 9.97 Å². The van der Waals surface area contributed by atoms with E-state index in [0.717, 1.165) is 45.2 Å². The molecule has 3 aromatic heterocycles. The van der Waals surface area contributed by atoms with Gasteiger partial charge in [-0.2, -0.15) is 24.5 Å². The fraction of sp³-hybridized carbons (Fsp3) is 0.171. The number of aromatic nitrogens is 2. The first kappa shape index (κ1) is 34.9. The van der Waals surface area contributed by atoms with Gasteiger partial charge in [-0.05, 0) is 56.8 Å². The summed E-state index contributed by atoms with van der Waals surface area (Å²) in [5, 5.41) is 2.76. The normalized spacial score (nSPS) is 13.2. The van der Waals surface area contributed by atoms with Gasteiger partial charge in [0.15, 0.2) is 0 Å². The van der Waals surface area contributed by atoms with Crippen LogP contribution in [-0.2, 0) is 26.3 Å². The number of fused-ring (bicyclic) bond motifs is 3. The molecule has 0 aliphatic rings. The summed E-state index contributed by atoms with van der Waals surface area (Å²) in [7, 11) is -1.27. The number of nitrogens with zero attached hydrogens (tertiary/aromatic N) is 2. The second-order valence-electron chi connectivity index (χ2n) is 12.7. The van der Waals surface area contributed by atoms with Gasteiger partial charge in [-0.3, -0.25) is 0 Å². The third-order valence-corrected chi connectivity index (χ3v) is 11.7. The molecule has 0 fully saturated rings. The molecule has 3 heterocycles. The molecule has 2 nitrogen and oxygen atoms in total. The average molecular weight is 866 g/mol. The molecule has 0 saturated heterocycles. The van der Waals surface area contributed by atoms with Gasteiger partial charge in [0.2, 0.25) is 0 Å². The van der Waals surface area contributed by atoms with Crippen molar-refractivity contribution in [3.8, 4) is 22.5 Å². The van der Waals surface area contributed by atoms with E-state index in [9.17, 15) is 13.2 Å². The third kappa shape index (κ3) is 7.94. The van der Waals surface area contributed by atoms with E-state index in [1.807, 2.05) is 61.5 Å². The molecular formula is C41H35F3IrN2SSi-2. The maximum atomic E-state index is 13.6. The van der Waals surface area contributed by atoms with E-state index in [1.54, 1.807) is 30.5 Å². The SMILES string of the molecule is Cc1cc(-c2[c-]cccc2)ncc1[Si](C)(C)C.[2H]C(C)(c1ccccc1)c1ccnc(-c2[c-]ccc3c2sc2c(C(F)(F)F)cccc23)c1.[Ir]. The number of rotatable bonds is 5. The molecule has 0 aliphatic carbocycles. The van der Waals surface area contributed by atoms with Crippen LogP contribution in [0.1, 0.15) is 36.4 Å². The molecule has 0 N–H and O–H groups in total. The van der Waals surface area contributed by atoms with Crippen LogP contribution in [0, 0.1) is 19.1 Å². The summed E-state index contributed by atoms with van der Waals surface area (Å²) in [6.45, 7) is 11.1. The van der Waals surface area contributed by atoms with Gasteiger partial charge in [0, 0.05) is 44.5 Å². The van der Waals surface area contributed by atoms with Crippen LogP contribution in [0.5, 0.6) is 0 Å². The summed E-state index contributed by atoms with van der Waals surface area (Å²) < 4.78 is 50.6. The summed E-state index contributed by atoms with van der Waals surface area (Å²) in [6.07, 6.45) is -0.732. The fourth-order valence-corrected chi connectivity index (χ4v) is 8.92. The number of aryl methyl sites for hydroxylation is 1. The maximum Gasteiger partial charge on any atom is 0.417 e. The van der Waals surface area contributed by atoms with Gasteiger partial charge in [-0.1, -0.05) is 92.1 Å². The second-order valence-corrected chi connectivity index (χ2v) is 18.8. The van der Waals surface area contributed by atoms with E-state index in [4.69, 9.17) is 1.37 Å². The summed E-state index contributed by atoms with van der Waals surface area (Å²) in [4.78, 5) is 9.06. The molecule has 0 spiro atoms. The predicted octanol–water partition coefficient (Wildman–Crippen LogP) is 11.5. The van der Waals surface area contributed by atoms with Crippen LogP contribution >= 0.6 is 11.3 Å². The van der Waals surface area contributed by atoms with Crippen LogP contribution in [0.4, 0.5) is 13.2 Å². The first-order valence-corrected chi connectivity index (χ1v) is 20.0. The van der Waals surface area contributed by atoms with Crippen molar-refractivity contribution >= 4 is 44.8 Å². The molecule has 0 amide bonds. The van der Waals surface area contributed by atoms with Crippen LogP contribution in [-0.4, -0.2) is 18.0 Å². The quantitative estimate of drug-likeness (QED) is 0.127. The van der Waals surface area contributed by atoms with Crippen molar-refractivity contribution < 1.29 is 34.6 Å². The van der Waals surface area contributed by atoms with Crippen molar-refractivity contribution in [3.05, 3.63) is 150 Å². The Morgan fingerprint density at radius 1 is 0.776 bits per heavy atom. The minimum absolute atomic E-state index is 0. The summed E-state index contributed by atoms with van der Waals surface area (Å²) in [5.41, 5.74) is 5.62. The Morgan fingerprint density at radius 2 is 1.51 bits per heavy atom. The number of alkyl halides is 3. The Hall–Kier alpha value is -3.94. The molecule has 0 bridgehead atoms. The first-order chi connectivity index (χ1) is 23.2. The first-order valence-electron chi connectivity index (χ1n) is 16.1. The smallest absolute Gasteiger partial charge is 0.305 e. The van der Waals surface area contributed by atoms with Crippen LogP contribution in [0.2, 0.25) is 19.6 Å². The zero-order valence-corrected chi connectivity index (χ0v) is 32.0. The van der Waals surface area contributed by atoms with Gasteiger partial charge in [-0.25, -0.2) is 0 Å². The third-order valence-electron chi connectivity index (χ3n) is 8.32. The van der Waals surface area contributed by atoms with Crippen molar-refractivity contribution in [2.75, 3.05) is 0 Å². The van der Waals surface area contributed by atoms with E-state index >= 15 is 0 Å². The number of pyridine rings is 2. The molecule has 7 aromatic rings. The topological polar surface area (TPSA) is 25.8 Å². The van der Waals surface area contributed by atoms with E-state index in [1.165, 1.54) is 16.8 Å². The Balaban J connectivity index is 0.000000229. The number of thiophene rings is 1.